The molecule has 2 N–H and O–H groups in total. The molecule has 0 aliphatic carbocycles. The Morgan fingerprint density at radius 2 is 2.00 bits per heavy atom. The summed E-state index contributed by atoms with van der Waals surface area (Å²) in [5.74, 6) is -0.662. The maximum Gasteiger partial charge on any atom is 0.405 e. The van der Waals surface area contributed by atoms with Gasteiger partial charge in [0.25, 0.3) is 0 Å². The predicted octanol–water partition coefficient (Wildman–Crippen LogP) is -0.116. The fourth-order valence-corrected chi connectivity index (χ4v) is 0.422. The molecular formula is C5H9F3N2O. The van der Waals surface area contributed by atoms with Gasteiger partial charge in [-0.05, 0) is 7.05 Å². The first-order chi connectivity index (χ1) is 4.95. The molecule has 0 unspecified atom stereocenters. The molecular weight excluding hydrogens is 161 g/mol. The number of carbonyl (C=O) groups excluding carboxylic acids is 1. The van der Waals surface area contributed by atoms with Crippen molar-refractivity contribution in [1.82, 2.24) is 10.6 Å². The smallest absolute Gasteiger partial charge is 0.346 e. The van der Waals surface area contributed by atoms with Gasteiger partial charge in [-0.2, -0.15) is 13.2 Å². The molecule has 11 heavy (non-hydrogen) atoms. The molecule has 0 aromatic heterocycles. The minimum Gasteiger partial charge on any atom is -0.346 e. The van der Waals surface area contributed by atoms with E-state index in [4.69, 9.17) is 0 Å². The van der Waals surface area contributed by atoms with Gasteiger partial charge in [0, 0.05) is 0 Å². The van der Waals surface area contributed by atoms with Crippen molar-refractivity contribution in [2.45, 2.75) is 6.18 Å². The van der Waals surface area contributed by atoms with Gasteiger partial charge in [0.05, 0.1) is 6.54 Å². The summed E-state index contributed by atoms with van der Waals surface area (Å²) in [6.45, 7) is -1.37. The molecule has 0 aliphatic rings. The Hall–Kier alpha value is -0.780. The van der Waals surface area contributed by atoms with Crippen molar-refractivity contribution in [3.05, 3.63) is 0 Å². The molecule has 66 valence electrons. The van der Waals surface area contributed by atoms with Gasteiger partial charge < -0.3 is 10.6 Å². The summed E-state index contributed by atoms with van der Waals surface area (Å²) in [6, 6.07) is 0. The maximum atomic E-state index is 11.4. The lowest BCUT2D eigenvalue weighted by Gasteiger charge is -2.07. The number of carbonyl (C=O) groups is 1. The van der Waals surface area contributed by atoms with Crippen molar-refractivity contribution < 1.29 is 18.0 Å². The highest BCUT2D eigenvalue weighted by Gasteiger charge is 2.27. The Morgan fingerprint density at radius 1 is 1.45 bits per heavy atom. The number of hydrogen-bond donors (Lipinski definition) is 2. The number of rotatable bonds is 3. The third-order valence-corrected chi connectivity index (χ3v) is 0.823. The topological polar surface area (TPSA) is 41.1 Å². The highest BCUT2D eigenvalue weighted by Crippen LogP contribution is 2.11. The summed E-state index contributed by atoms with van der Waals surface area (Å²) in [7, 11) is 1.48. The van der Waals surface area contributed by atoms with Crippen LogP contribution in [0.2, 0.25) is 0 Å². The zero-order valence-electron chi connectivity index (χ0n) is 5.96. The van der Waals surface area contributed by atoms with E-state index in [0.29, 0.717) is 0 Å². The van der Waals surface area contributed by atoms with Crippen molar-refractivity contribution in [3.63, 3.8) is 0 Å². The Kier molecular flexibility index (Phi) is 3.88. The van der Waals surface area contributed by atoms with Crippen molar-refractivity contribution in [2.24, 2.45) is 0 Å². The SMILES string of the molecule is CNCC(=O)NCC(F)(F)F. The van der Waals surface area contributed by atoms with Gasteiger partial charge in [0.15, 0.2) is 0 Å². The Labute approximate surface area is 62.0 Å². The lowest BCUT2D eigenvalue weighted by atomic mass is 10.5. The largest absolute Gasteiger partial charge is 0.405 e. The molecule has 0 bridgehead atoms. The molecule has 0 fully saturated rings. The summed E-state index contributed by atoms with van der Waals surface area (Å²) in [5, 5.41) is 4.12. The quantitative estimate of drug-likeness (QED) is 0.620. The second-order valence-electron chi connectivity index (χ2n) is 1.92. The number of nitrogens with one attached hydrogen (secondary N) is 2. The van der Waals surface area contributed by atoms with E-state index in [-0.39, 0.29) is 6.54 Å². The molecule has 0 heterocycles. The van der Waals surface area contributed by atoms with E-state index in [2.05, 4.69) is 5.32 Å². The maximum absolute atomic E-state index is 11.4. The van der Waals surface area contributed by atoms with Gasteiger partial charge in [-0.3, -0.25) is 4.79 Å². The zero-order chi connectivity index (χ0) is 8.91. The van der Waals surface area contributed by atoms with Gasteiger partial charge in [0.2, 0.25) is 5.91 Å². The van der Waals surface area contributed by atoms with Gasteiger partial charge in [-0.1, -0.05) is 0 Å². The van der Waals surface area contributed by atoms with Crippen LogP contribution in [0.3, 0.4) is 0 Å². The molecule has 6 heteroatoms. The molecule has 0 saturated heterocycles. The molecule has 0 aromatic rings. The molecule has 0 aromatic carbocycles. The van der Waals surface area contributed by atoms with Crippen LogP contribution in [0.15, 0.2) is 0 Å². The van der Waals surface area contributed by atoms with E-state index in [1.165, 1.54) is 7.05 Å². The molecule has 0 spiro atoms. The number of amides is 1. The summed E-state index contributed by atoms with van der Waals surface area (Å²) < 4.78 is 34.3. The lowest BCUT2D eigenvalue weighted by Crippen LogP contribution is -2.38. The average molecular weight is 170 g/mol. The normalized spacial score (nSPS) is 11.3. The average Bonchev–Trinajstić information content (AvgIpc) is 1.83. The minimum atomic E-state index is -4.33. The predicted molar refractivity (Wildman–Crippen MR) is 33.0 cm³/mol. The Morgan fingerprint density at radius 3 is 2.36 bits per heavy atom. The van der Waals surface area contributed by atoms with Crippen molar-refractivity contribution in [1.29, 1.82) is 0 Å². The molecule has 0 radical (unpaired) electrons. The first kappa shape index (κ1) is 10.2. The van der Waals surface area contributed by atoms with E-state index in [1.54, 1.807) is 5.32 Å². The highest BCUT2D eigenvalue weighted by atomic mass is 19.4. The Balaban J connectivity index is 3.46. The van der Waals surface area contributed by atoms with Crippen molar-refractivity contribution >= 4 is 5.91 Å². The van der Waals surface area contributed by atoms with Crippen LogP contribution in [0.5, 0.6) is 0 Å². The number of likely N-dealkylation sites (N-methyl/N-ethyl adjacent to an activating group) is 1. The molecule has 0 rings (SSSR count). The van der Waals surface area contributed by atoms with Crippen LogP contribution in [0.25, 0.3) is 0 Å². The fourth-order valence-electron chi connectivity index (χ4n) is 0.422. The summed E-state index contributed by atoms with van der Waals surface area (Å²) >= 11 is 0. The lowest BCUT2D eigenvalue weighted by molar-refractivity contribution is -0.137. The van der Waals surface area contributed by atoms with Crippen molar-refractivity contribution in [3.8, 4) is 0 Å². The van der Waals surface area contributed by atoms with E-state index >= 15 is 0 Å². The third kappa shape index (κ3) is 7.11. The molecule has 1 amide bonds. The van der Waals surface area contributed by atoms with Gasteiger partial charge in [-0.15, -0.1) is 0 Å². The number of alkyl halides is 3. The summed E-state index contributed by atoms with van der Waals surface area (Å²) in [4.78, 5) is 10.4. The van der Waals surface area contributed by atoms with Gasteiger partial charge in [-0.25, -0.2) is 0 Å². The highest BCUT2D eigenvalue weighted by molar-refractivity contribution is 5.77. The summed E-state index contributed by atoms with van der Waals surface area (Å²) in [6.07, 6.45) is -4.33. The first-order valence-corrected chi connectivity index (χ1v) is 2.94. The number of hydrogen-bond acceptors (Lipinski definition) is 2. The second-order valence-corrected chi connectivity index (χ2v) is 1.92. The van der Waals surface area contributed by atoms with E-state index in [1.807, 2.05) is 0 Å². The molecule has 0 atom stereocenters. The monoisotopic (exact) mass is 170 g/mol. The minimum absolute atomic E-state index is 0.101. The molecule has 0 aliphatic heterocycles. The molecule has 0 saturated carbocycles. The van der Waals surface area contributed by atoms with Crippen LogP contribution >= 0.6 is 0 Å². The van der Waals surface area contributed by atoms with E-state index < -0.39 is 18.6 Å². The fraction of sp³-hybridized carbons (Fsp3) is 0.800. The van der Waals surface area contributed by atoms with Crippen LogP contribution < -0.4 is 10.6 Å². The second kappa shape index (κ2) is 4.17. The van der Waals surface area contributed by atoms with Crippen LogP contribution in [0.1, 0.15) is 0 Å². The van der Waals surface area contributed by atoms with E-state index in [0.717, 1.165) is 0 Å². The van der Waals surface area contributed by atoms with Crippen LogP contribution in [-0.2, 0) is 4.79 Å². The van der Waals surface area contributed by atoms with Crippen LogP contribution in [-0.4, -0.2) is 32.2 Å². The first-order valence-electron chi connectivity index (χ1n) is 2.94. The Bertz CT molecular complexity index is 134. The third-order valence-electron chi connectivity index (χ3n) is 0.823. The van der Waals surface area contributed by atoms with Crippen LogP contribution in [0.4, 0.5) is 13.2 Å². The van der Waals surface area contributed by atoms with Gasteiger partial charge in [0.1, 0.15) is 6.54 Å². The van der Waals surface area contributed by atoms with Crippen molar-refractivity contribution in [2.75, 3.05) is 20.1 Å². The van der Waals surface area contributed by atoms with Crippen LogP contribution in [0, 0.1) is 0 Å². The standard InChI is InChI=1S/C5H9F3N2O/c1-9-2-4(11)10-3-5(6,7)8/h9H,2-3H2,1H3,(H,10,11). The van der Waals surface area contributed by atoms with Gasteiger partial charge >= 0.3 is 6.18 Å². The van der Waals surface area contributed by atoms with E-state index in [9.17, 15) is 18.0 Å². The molecule has 3 nitrogen and oxygen atoms in total. The zero-order valence-corrected chi connectivity index (χ0v) is 5.96. The summed E-state index contributed by atoms with van der Waals surface area (Å²) in [5.41, 5.74) is 0. The number of halogens is 3.